The zero-order valence-corrected chi connectivity index (χ0v) is 7.64. The van der Waals surface area contributed by atoms with E-state index in [0.717, 1.165) is 11.4 Å². The molecule has 3 nitrogen and oxygen atoms in total. The summed E-state index contributed by atoms with van der Waals surface area (Å²) in [4.78, 5) is 7.27. The lowest BCUT2D eigenvalue weighted by molar-refractivity contribution is 1.33. The Hall–Kier alpha value is -2.03. The summed E-state index contributed by atoms with van der Waals surface area (Å²) >= 11 is 0. The van der Waals surface area contributed by atoms with Gasteiger partial charge in [-0.2, -0.15) is 0 Å². The zero-order chi connectivity index (χ0) is 9.80. The van der Waals surface area contributed by atoms with Crippen LogP contribution in [0, 0.1) is 0 Å². The van der Waals surface area contributed by atoms with Crippen molar-refractivity contribution in [2.75, 3.05) is 0 Å². The maximum atomic E-state index is 5.79. The number of hydrogen-bond acceptors (Lipinski definition) is 1. The summed E-state index contributed by atoms with van der Waals surface area (Å²) in [6, 6.07) is 13.4. The lowest BCUT2D eigenvalue weighted by atomic mass is 10.3. The summed E-state index contributed by atoms with van der Waals surface area (Å²) in [5, 5.41) is 0. The second kappa shape index (κ2) is 3.79. The van der Waals surface area contributed by atoms with E-state index < -0.39 is 0 Å². The molecule has 3 heteroatoms. The predicted octanol–water partition coefficient (Wildman–Crippen LogP) is 2.05. The van der Waals surface area contributed by atoms with Gasteiger partial charge in [-0.1, -0.05) is 18.2 Å². The lowest BCUT2D eigenvalue weighted by Gasteiger charge is -1.97. The van der Waals surface area contributed by atoms with E-state index in [1.807, 2.05) is 48.7 Å². The normalized spacial score (nSPS) is 11.6. The fourth-order valence-corrected chi connectivity index (χ4v) is 1.19. The first kappa shape index (κ1) is 8.56. The Morgan fingerprint density at radius 1 is 1.07 bits per heavy atom. The van der Waals surface area contributed by atoms with Crippen molar-refractivity contribution in [3.05, 3.63) is 54.4 Å². The number of nitrogens with zero attached hydrogens (tertiary/aromatic N) is 1. The van der Waals surface area contributed by atoms with Crippen LogP contribution in [-0.4, -0.2) is 10.8 Å². The van der Waals surface area contributed by atoms with E-state index in [-0.39, 0.29) is 0 Å². The van der Waals surface area contributed by atoms with Crippen LogP contribution in [-0.2, 0) is 0 Å². The van der Waals surface area contributed by atoms with E-state index in [9.17, 15) is 0 Å². The number of amidine groups is 1. The highest BCUT2D eigenvalue weighted by molar-refractivity contribution is 5.97. The zero-order valence-electron chi connectivity index (χ0n) is 7.64. The van der Waals surface area contributed by atoms with Gasteiger partial charge in [0.2, 0.25) is 0 Å². The van der Waals surface area contributed by atoms with Crippen LogP contribution in [0.5, 0.6) is 0 Å². The molecule has 1 aromatic carbocycles. The number of para-hydroxylation sites is 1. The molecule has 0 unspecified atom stereocenters. The SMILES string of the molecule is NC(=Nc1ccccc1)c1ccc[nH]1. The fourth-order valence-electron chi connectivity index (χ4n) is 1.19. The lowest BCUT2D eigenvalue weighted by Crippen LogP contribution is -2.12. The highest BCUT2D eigenvalue weighted by Gasteiger charge is 1.97. The molecule has 0 bridgehead atoms. The molecule has 0 amide bonds. The van der Waals surface area contributed by atoms with E-state index in [2.05, 4.69) is 9.98 Å². The summed E-state index contributed by atoms with van der Waals surface area (Å²) in [7, 11) is 0. The van der Waals surface area contributed by atoms with Crippen LogP contribution in [0.1, 0.15) is 5.69 Å². The average Bonchev–Trinajstić information content (AvgIpc) is 2.72. The van der Waals surface area contributed by atoms with Crippen molar-refractivity contribution in [2.24, 2.45) is 10.7 Å². The topological polar surface area (TPSA) is 54.2 Å². The molecule has 0 saturated heterocycles. The Morgan fingerprint density at radius 2 is 1.86 bits per heavy atom. The highest BCUT2D eigenvalue weighted by Crippen LogP contribution is 2.10. The number of H-pyrrole nitrogens is 1. The number of aromatic amines is 1. The molecule has 0 aliphatic rings. The van der Waals surface area contributed by atoms with Gasteiger partial charge in [-0.15, -0.1) is 0 Å². The van der Waals surface area contributed by atoms with E-state index in [1.54, 1.807) is 0 Å². The Kier molecular flexibility index (Phi) is 2.32. The van der Waals surface area contributed by atoms with Gasteiger partial charge in [0.15, 0.2) is 0 Å². The maximum Gasteiger partial charge on any atom is 0.147 e. The van der Waals surface area contributed by atoms with Gasteiger partial charge in [0.05, 0.1) is 11.4 Å². The first-order valence-corrected chi connectivity index (χ1v) is 4.39. The van der Waals surface area contributed by atoms with Crippen LogP contribution in [0.4, 0.5) is 5.69 Å². The summed E-state index contributed by atoms with van der Waals surface area (Å²) in [6.45, 7) is 0. The first-order valence-electron chi connectivity index (χ1n) is 4.39. The standard InChI is InChI=1S/C11H11N3/c12-11(10-7-4-8-13-10)14-9-5-2-1-3-6-9/h1-8,13H,(H2,12,14). The van der Waals surface area contributed by atoms with Crippen LogP contribution >= 0.6 is 0 Å². The van der Waals surface area contributed by atoms with Crippen molar-refractivity contribution in [1.82, 2.24) is 4.98 Å². The minimum Gasteiger partial charge on any atom is -0.382 e. The van der Waals surface area contributed by atoms with Gasteiger partial charge in [-0.05, 0) is 24.3 Å². The van der Waals surface area contributed by atoms with Gasteiger partial charge in [0.1, 0.15) is 5.84 Å². The second-order valence-electron chi connectivity index (χ2n) is 2.92. The molecule has 0 spiro atoms. The largest absolute Gasteiger partial charge is 0.382 e. The summed E-state index contributed by atoms with van der Waals surface area (Å²) in [5.74, 6) is 0.501. The van der Waals surface area contributed by atoms with Crippen LogP contribution in [0.2, 0.25) is 0 Å². The van der Waals surface area contributed by atoms with Gasteiger partial charge >= 0.3 is 0 Å². The molecule has 0 aliphatic carbocycles. The van der Waals surface area contributed by atoms with Crippen molar-refractivity contribution >= 4 is 11.5 Å². The van der Waals surface area contributed by atoms with Gasteiger partial charge in [0, 0.05) is 6.20 Å². The average molecular weight is 185 g/mol. The molecule has 14 heavy (non-hydrogen) atoms. The predicted molar refractivity (Wildman–Crippen MR) is 57.6 cm³/mol. The molecular weight excluding hydrogens is 174 g/mol. The van der Waals surface area contributed by atoms with Crippen LogP contribution in [0.25, 0.3) is 0 Å². The van der Waals surface area contributed by atoms with Crippen molar-refractivity contribution < 1.29 is 0 Å². The smallest absolute Gasteiger partial charge is 0.147 e. The van der Waals surface area contributed by atoms with Gasteiger partial charge in [0.25, 0.3) is 0 Å². The number of nitrogens with one attached hydrogen (secondary N) is 1. The van der Waals surface area contributed by atoms with Crippen molar-refractivity contribution in [1.29, 1.82) is 0 Å². The van der Waals surface area contributed by atoms with Crippen LogP contribution in [0.15, 0.2) is 53.7 Å². The highest BCUT2D eigenvalue weighted by atomic mass is 14.9. The van der Waals surface area contributed by atoms with E-state index in [4.69, 9.17) is 5.73 Å². The number of rotatable bonds is 2. The number of nitrogens with two attached hydrogens (primary N) is 1. The summed E-state index contributed by atoms with van der Waals surface area (Å²) in [6.07, 6.45) is 1.82. The minimum absolute atomic E-state index is 0.501. The molecule has 70 valence electrons. The van der Waals surface area contributed by atoms with Gasteiger partial charge < -0.3 is 10.7 Å². The van der Waals surface area contributed by atoms with Gasteiger partial charge in [-0.25, -0.2) is 4.99 Å². The quantitative estimate of drug-likeness (QED) is 0.546. The van der Waals surface area contributed by atoms with Crippen LogP contribution < -0.4 is 5.73 Å². The number of aliphatic imine (C=N–C) groups is 1. The summed E-state index contributed by atoms with van der Waals surface area (Å²) in [5.41, 5.74) is 7.49. The Morgan fingerprint density at radius 3 is 2.50 bits per heavy atom. The molecular formula is C11H11N3. The molecule has 0 fully saturated rings. The van der Waals surface area contributed by atoms with E-state index >= 15 is 0 Å². The third kappa shape index (κ3) is 1.82. The Bertz CT molecular complexity index is 415. The number of hydrogen-bond donors (Lipinski definition) is 2. The van der Waals surface area contributed by atoms with E-state index in [1.165, 1.54) is 0 Å². The second-order valence-corrected chi connectivity index (χ2v) is 2.92. The molecule has 0 atom stereocenters. The molecule has 0 aliphatic heterocycles. The molecule has 1 aromatic heterocycles. The maximum absolute atomic E-state index is 5.79. The Labute approximate surface area is 82.3 Å². The van der Waals surface area contributed by atoms with Crippen LogP contribution in [0.3, 0.4) is 0 Å². The molecule has 1 heterocycles. The van der Waals surface area contributed by atoms with Gasteiger partial charge in [-0.3, -0.25) is 0 Å². The minimum atomic E-state index is 0.501. The third-order valence-electron chi connectivity index (χ3n) is 1.88. The van der Waals surface area contributed by atoms with E-state index in [0.29, 0.717) is 5.84 Å². The van der Waals surface area contributed by atoms with Crippen molar-refractivity contribution in [3.63, 3.8) is 0 Å². The number of aromatic nitrogens is 1. The molecule has 2 aromatic rings. The van der Waals surface area contributed by atoms with Crippen molar-refractivity contribution in [3.8, 4) is 0 Å². The monoisotopic (exact) mass is 185 g/mol. The molecule has 2 rings (SSSR count). The summed E-state index contributed by atoms with van der Waals surface area (Å²) < 4.78 is 0. The third-order valence-corrected chi connectivity index (χ3v) is 1.88. The first-order chi connectivity index (χ1) is 6.86. The fraction of sp³-hybridized carbons (Fsp3) is 0. The Balaban J connectivity index is 2.28. The molecule has 0 saturated carbocycles. The van der Waals surface area contributed by atoms with Crippen molar-refractivity contribution in [2.45, 2.75) is 0 Å². The number of benzene rings is 1. The molecule has 3 N–H and O–H groups in total. The molecule has 0 radical (unpaired) electrons.